The zero-order valence-corrected chi connectivity index (χ0v) is 17.6. The molecule has 1 N–H and O–H groups in total. The molecule has 5 heteroatoms. The van der Waals surface area contributed by atoms with Crippen LogP contribution in [-0.4, -0.2) is 48.8 Å². The predicted octanol–water partition coefficient (Wildman–Crippen LogP) is 4.73. The molecular formula is C23H35N3O2. The van der Waals surface area contributed by atoms with Crippen LogP contribution in [0.1, 0.15) is 52.9 Å². The highest BCUT2D eigenvalue weighted by Crippen LogP contribution is 2.39. The summed E-state index contributed by atoms with van der Waals surface area (Å²) >= 11 is 0. The molecule has 0 radical (unpaired) electrons. The van der Waals surface area contributed by atoms with Crippen LogP contribution in [0.3, 0.4) is 0 Å². The molecule has 2 heterocycles. The molecule has 4 rings (SSSR count). The van der Waals surface area contributed by atoms with Crippen molar-refractivity contribution in [3.63, 3.8) is 0 Å². The van der Waals surface area contributed by atoms with Crippen molar-refractivity contribution >= 4 is 17.5 Å². The maximum Gasteiger partial charge on any atom is 0.410 e. The van der Waals surface area contributed by atoms with Crippen LogP contribution >= 0.6 is 0 Å². The number of fused-ring (bicyclic) bond motifs is 1. The lowest BCUT2D eigenvalue weighted by Gasteiger charge is -2.29. The first-order valence-corrected chi connectivity index (χ1v) is 11.0. The van der Waals surface area contributed by atoms with Crippen LogP contribution in [-0.2, 0) is 4.74 Å². The Morgan fingerprint density at radius 3 is 2.18 bits per heavy atom. The van der Waals surface area contributed by atoms with Crippen molar-refractivity contribution in [2.24, 2.45) is 11.8 Å². The van der Waals surface area contributed by atoms with Crippen LogP contribution < -0.4 is 10.2 Å². The number of ether oxygens (including phenoxy) is 1. The van der Waals surface area contributed by atoms with E-state index in [0.29, 0.717) is 17.9 Å². The molecule has 2 atom stereocenters. The molecule has 1 saturated carbocycles. The molecule has 2 saturated heterocycles. The summed E-state index contributed by atoms with van der Waals surface area (Å²) in [6.07, 6.45) is 6.11. The summed E-state index contributed by atoms with van der Waals surface area (Å²) in [5.74, 6) is 1.19. The maximum atomic E-state index is 12.3. The molecule has 1 aromatic rings. The zero-order valence-electron chi connectivity index (χ0n) is 17.6. The van der Waals surface area contributed by atoms with Crippen molar-refractivity contribution in [1.29, 1.82) is 0 Å². The Hall–Kier alpha value is -1.91. The van der Waals surface area contributed by atoms with E-state index in [1.165, 1.54) is 43.7 Å². The third-order valence-electron chi connectivity index (χ3n) is 6.36. The van der Waals surface area contributed by atoms with Gasteiger partial charge >= 0.3 is 6.09 Å². The van der Waals surface area contributed by atoms with Crippen molar-refractivity contribution < 1.29 is 9.53 Å². The van der Waals surface area contributed by atoms with E-state index >= 15 is 0 Å². The normalized spacial score (nSPS) is 27.6. The number of hydrogen-bond donors (Lipinski definition) is 1. The number of hydrogen-bond acceptors (Lipinski definition) is 4. The van der Waals surface area contributed by atoms with Gasteiger partial charge in [-0.05, 0) is 89.0 Å². The van der Waals surface area contributed by atoms with Crippen LogP contribution in [0.5, 0.6) is 0 Å². The molecule has 0 spiro atoms. The van der Waals surface area contributed by atoms with Gasteiger partial charge in [-0.25, -0.2) is 4.79 Å². The molecule has 1 aliphatic carbocycles. The topological polar surface area (TPSA) is 44.8 Å². The fourth-order valence-electron chi connectivity index (χ4n) is 5.05. The van der Waals surface area contributed by atoms with Crippen molar-refractivity contribution in [2.45, 2.75) is 64.5 Å². The average molecular weight is 386 g/mol. The third kappa shape index (κ3) is 4.56. The van der Waals surface area contributed by atoms with E-state index in [9.17, 15) is 4.79 Å². The quantitative estimate of drug-likeness (QED) is 0.817. The lowest BCUT2D eigenvalue weighted by Crippen LogP contribution is -2.36. The predicted molar refractivity (Wildman–Crippen MR) is 114 cm³/mol. The molecule has 5 nitrogen and oxygen atoms in total. The first-order valence-electron chi connectivity index (χ1n) is 11.0. The molecule has 0 bridgehead atoms. The molecule has 2 aliphatic heterocycles. The van der Waals surface area contributed by atoms with E-state index in [1.54, 1.807) is 0 Å². The smallest absolute Gasteiger partial charge is 0.410 e. The van der Waals surface area contributed by atoms with E-state index < -0.39 is 5.60 Å². The highest BCUT2D eigenvalue weighted by molar-refractivity contribution is 5.68. The van der Waals surface area contributed by atoms with Crippen molar-refractivity contribution in [1.82, 2.24) is 4.90 Å². The first-order chi connectivity index (χ1) is 13.4. The summed E-state index contributed by atoms with van der Waals surface area (Å²) in [5, 5.41) is 3.73. The lowest BCUT2D eigenvalue weighted by molar-refractivity contribution is 0.0280. The Kier molecular flexibility index (Phi) is 5.44. The number of piperidine rings is 1. The van der Waals surface area contributed by atoms with Gasteiger partial charge in [0.05, 0.1) is 0 Å². The first kappa shape index (κ1) is 19.4. The van der Waals surface area contributed by atoms with Crippen molar-refractivity contribution in [3.8, 4) is 0 Å². The molecule has 3 aliphatic rings. The second-order valence-electron chi connectivity index (χ2n) is 9.81. The Bertz CT molecular complexity index is 662. The summed E-state index contributed by atoms with van der Waals surface area (Å²) in [7, 11) is 0. The number of carbonyl (C=O) groups is 1. The number of benzene rings is 1. The molecule has 3 fully saturated rings. The summed E-state index contributed by atoms with van der Waals surface area (Å²) in [6, 6.07) is 9.48. The summed E-state index contributed by atoms with van der Waals surface area (Å²) in [4.78, 5) is 16.7. The molecule has 0 aromatic heterocycles. The van der Waals surface area contributed by atoms with Gasteiger partial charge in [-0.15, -0.1) is 0 Å². The van der Waals surface area contributed by atoms with Gasteiger partial charge < -0.3 is 19.9 Å². The number of likely N-dealkylation sites (tertiary alicyclic amines) is 1. The molecule has 154 valence electrons. The Balaban J connectivity index is 1.27. The largest absolute Gasteiger partial charge is 0.444 e. The van der Waals surface area contributed by atoms with Gasteiger partial charge in [0, 0.05) is 43.6 Å². The van der Waals surface area contributed by atoms with Crippen LogP contribution in [0.15, 0.2) is 24.3 Å². The number of anilines is 2. The Morgan fingerprint density at radius 1 is 1.00 bits per heavy atom. The molecule has 28 heavy (non-hydrogen) atoms. The van der Waals surface area contributed by atoms with E-state index in [2.05, 4.69) is 34.5 Å². The summed E-state index contributed by atoms with van der Waals surface area (Å²) in [5.41, 5.74) is 2.15. The van der Waals surface area contributed by atoms with Gasteiger partial charge in [-0.3, -0.25) is 0 Å². The van der Waals surface area contributed by atoms with E-state index in [1.807, 2.05) is 25.7 Å². The number of nitrogens with zero attached hydrogens (tertiary/aromatic N) is 2. The zero-order chi connectivity index (χ0) is 19.7. The van der Waals surface area contributed by atoms with E-state index in [-0.39, 0.29) is 6.09 Å². The fourth-order valence-corrected chi connectivity index (χ4v) is 5.05. The van der Waals surface area contributed by atoms with Gasteiger partial charge in [-0.2, -0.15) is 0 Å². The Labute approximate surface area is 169 Å². The highest BCUT2D eigenvalue weighted by atomic mass is 16.6. The summed E-state index contributed by atoms with van der Waals surface area (Å²) in [6.45, 7) is 9.84. The molecular weight excluding hydrogens is 350 g/mol. The molecule has 1 amide bonds. The minimum absolute atomic E-state index is 0.153. The average Bonchev–Trinajstić information content (AvgIpc) is 3.20. The molecule has 2 unspecified atom stereocenters. The number of nitrogens with one attached hydrogen (secondary N) is 1. The second-order valence-corrected chi connectivity index (χ2v) is 9.81. The van der Waals surface area contributed by atoms with Gasteiger partial charge in [0.1, 0.15) is 5.60 Å². The van der Waals surface area contributed by atoms with Crippen LogP contribution in [0.25, 0.3) is 0 Å². The second kappa shape index (κ2) is 7.84. The van der Waals surface area contributed by atoms with Gasteiger partial charge in [-0.1, -0.05) is 0 Å². The van der Waals surface area contributed by atoms with Crippen molar-refractivity contribution in [3.05, 3.63) is 24.3 Å². The fraction of sp³-hybridized carbons (Fsp3) is 0.696. The third-order valence-corrected chi connectivity index (χ3v) is 6.36. The minimum Gasteiger partial charge on any atom is -0.444 e. The Morgan fingerprint density at radius 2 is 1.61 bits per heavy atom. The van der Waals surface area contributed by atoms with Gasteiger partial charge in [0.2, 0.25) is 0 Å². The van der Waals surface area contributed by atoms with E-state index in [4.69, 9.17) is 4.74 Å². The highest BCUT2D eigenvalue weighted by Gasteiger charge is 2.43. The van der Waals surface area contributed by atoms with Crippen LogP contribution in [0.4, 0.5) is 16.2 Å². The number of carbonyl (C=O) groups excluding carboxylic acids is 1. The van der Waals surface area contributed by atoms with E-state index in [0.717, 1.165) is 25.9 Å². The van der Waals surface area contributed by atoms with Crippen LogP contribution in [0, 0.1) is 11.8 Å². The summed E-state index contributed by atoms with van der Waals surface area (Å²) < 4.78 is 5.54. The number of rotatable bonds is 3. The monoisotopic (exact) mass is 385 g/mol. The standard InChI is InChI=1S/C23H35N3O2/c1-23(2,3)28-22(27)26-15-17-13-20(14-18(17)16-26)24-19-7-9-21(10-8-19)25-11-5-4-6-12-25/h7-10,17-18,20,24H,4-6,11-16H2,1-3H3. The van der Waals surface area contributed by atoms with Crippen LogP contribution in [0.2, 0.25) is 0 Å². The SMILES string of the molecule is CC(C)(C)OC(=O)N1CC2CC(Nc3ccc(N4CCCCC4)cc3)CC2C1. The van der Waals surface area contributed by atoms with Gasteiger partial charge in [0.25, 0.3) is 0 Å². The maximum absolute atomic E-state index is 12.3. The van der Waals surface area contributed by atoms with Crippen molar-refractivity contribution in [2.75, 3.05) is 36.4 Å². The molecule has 1 aromatic carbocycles. The minimum atomic E-state index is -0.417. The number of amides is 1. The van der Waals surface area contributed by atoms with Gasteiger partial charge in [0.15, 0.2) is 0 Å². The lowest BCUT2D eigenvalue weighted by atomic mass is 10.0.